The fourth-order valence-corrected chi connectivity index (χ4v) is 3.01. The predicted octanol–water partition coefficient (Wildman–Crippen LogP) is -0.366. The molecular formula is C24H34BClN4NaO7. The molecule has 0 amide bonds. The SMILES string of the molecule is CC(=O)O[B-](OC(C)=O)OC(C)=O.CC(C)N(C)c1cnc(CN(CCO)Cc2ccccc2)c(Cl)n1.[Na+]. The zero-order valence-electron chi connectivity index (χ0n) is 23.0. The first kappa shape index (κ1) is 35.8. The van der Waals surface area contributed by atoms with E-state index in [-0.39, 0.29) is 36.2 Å². The average molecular weight is 560 g/mol. The number of anilines is 1. The molecule has 0 bridgehead atoms. The minimum atomic E-state index is -1.59. The van der Waals surface area contributed by atoms with E-state index < -0.39 is 25.2 Å². The fourth-order valence-electron chi connectivity index (χ4n) is 2.81. The Kier molecular flexibility index (Phi) is 17.8. The number of benzene rings is 1. The van der Waals surface area contributed by atoms with Crippen molar-refractivity contribution in [3.63, 3.8) is 0 Å². The van der Waals surface area contributed by atoms with Gasteiger partial charge < -0.3 is 24.0 Å². The van der Waals surface area contributed by atoms with Crippen LogP contribution in [-0.2, 0) is 41.4 Å². The summed E-state index contributed by atoms with van der Waals surface area (Å²) in [5.74, 6) is -1.39. The normalized spacial score (nSPS) is 10.3. The van der Waals surface area contributed by atoms with Crippen LogP contribution in [0.1, 0.15) is 45.9 Å². The van der Waals surface area contributed by atoms with Crippen molar-refractivity contribution >= 4 is 42.6 Å². The average Bonchev–Trinajstić information content (AvgIpc) is 2.79. The van der Waals surface area contributed by atoms with Crippen LogP contribution in [0.15, 0.2) is 36.5 Å². The van der Waals surface area contributed by atoms with Gasteiger partial charge in [0, 0.05) is 53.5 Å². The van der Waals surface area contributed by atoms with Crippen molar-refractivity contribution in [2.75, 3.05) is 25.1 Å². The maximum atomic E-state index is 10.4. The van der Waals surface area contributed by atoms with Crippen molar-refractivity contribution in [3.8, 4) is 0 Å². The maximum absolute atomic E-state index is 10.4. The van der Waals surface area contributed by atoms with Crippen LogP contribution in [-0.4, -0.2) is 71.4 Å². The van der Waals surface area contributed by atoms with Crippen molar-refractivity contribution in [1.82, 2.24) is 14.9 Å². The number of carbonyl (C=O) groups is 3. The molecule has 0 unspecified atom stereocenters. The molecule has 0 saturated heterocycles. The number of halogens is 1. The molecule has 0 atom stereocenters. The van der Waals surface area contributed by atoms with Crippen LogP contribution in [0.5, 0.6) is 0 Å². The van der Waals surface area contributed by atoms with E-state index in [1.165, 1.54) is 5.56 Å². The van der Waals surface area contributed by atoms with Gasteiger partial charge in [-0.25, -0.2) is 4.98 Å². The summed E-state index contributed by atoms with van der Waals surface area (Å²) in [7, 11) is 0.380. The van der Waals surface area contributed by atoms with Crippen LogP contribution >= 0.6 is 11.6 Å². The Hall–Kier alpha value is -2.22. The Bertz CT molecular complexity index is 982. The molecule has 0 aliphatic carbocycles. The molecule has 1 heterocycles. The van der Waals surface area contributed by atoms with Crippen LogP contribution in [0.25, 0.3) is 0 Å². The molecule has 38 heavy (non-hydrogen) atoms. The Morgan fingerprint density at radius 2 is 1.53 bits per heavy atom. The summed E-state index contributed by atoms with van der Waals surface area (Å²) in [5.41, 5.74) is 1.91. The maximum Gasteiger partial charge on any atom is 1.00 e. The first-order valence-electron chi connectivity index (χ1n) is 11.6. The number of carbonyl (C=O) groups excluding carboxylic acids is 3. The number of rotatable bonds is 11. The van der Waals surface area contributed by atoms with E-state index >= 15 is 0 Å². The first-order chi connectivity index (χ1) is 17.4. The molecule has 203 valence electrons. The number of nitrogens with zero attached hydrogens (tertiary/aromatic N) is 4. The van der Waals surface area contributed by atoms with Crippen LogP contribution in [0.3, 0.4) is 0 Å². The third-order valence-electron chi connectivity index (χ3n) is 4.75. The van der Waals surface area contributed by atoms with Crippen molar-refractivity contribution in [2.45, 2.75) is 53.8 Å². The van der Waals surface area contributed by atoms with E-state index in [0.29, 0.717) is 24.3 Å². The summed E-state index contributed by atoms with van der Waals surface area (Å²) >= 11 is 6.34. The number of aliphatic hydroxyl groups is 1. The number of aliphatic hydroxyl groups excluding tert-OH is 1. The number of hydrogen-bond acceptors (Lipinski definition) is 11. The summed E-state index contributed by atoms with van der Waals surface area (Å²) in [6.45, 7) is 9.39. The molecule has 0 aliphatic rings. The zero-order valence-corrected chi connectivity index (χ0v) is 25.8. The van der Waals surface area contributed by atoms with Crippen molar-refractivity contribution in [1.29, 1.82) is 0 Å². The van der Waals surface area contributed by atoms with Gasteiger partial charge in [-0.2, -0.15) is 0 Å². The largest absolute Gasteiger partial charge is 1.00 e. The van der Waals surface area contributed by atoms with Gasteiger partial charge in [0.1, 0.15) is 5.82 Å². The van der Waals surface area contributed by atoms with Gasteiger partial charge in [-0.15, -0.1) is 0 Å². The molecule has 11 nitrogen and oxygen atoms in total. The van der Waals surface area contributed by atoms with Gasteiger partial charge in [-0.05, 0) is 19.4 Å². The van der Waals surface area contributed by atoms with E-state index in [1.54, 1.807) is 6.20 Å². The van der Waals surface area contributed by atoms with Crippen molar-refractivity contribution in [2.24, 2.45) is 0 Å². The summed E-state index contributed by atoms with van der Waals surface area (Å²) in [5, 5.41) is 9.74. The predicted molar refractivity (Wildman–Crippen MR) is 139 cm³/mol. The zero-order chi connectivity index (χ0) is 28.0. The van der Waals surface area contributed by atoms with Gasteiger partial charge in [-0.3, -0.25) is 24.3 Å². The molecule has 1 aromatic carbocycles. The molecule has 1 aromatic heterocycles. The smallest absolute Gasteiger partial charge is 0.642 e. The summed E-state index contributed by atoms with van der Waals surface area (Å²) < 4.78 is 13.0. The third-order valence-corrected chi connectivity index (χ3v) is 5.05. The Balaban J connectivity index is 0.000000838. The Morgan fingerprint density at radius 1 is 1.00 bits per heavy atom. The minimum Gasteiger partial charge on any atom is -0.642 e. The fraction of sp³-hybridized carbons (Fsp3) is 0.458. The van der Waals surface area contributed by atoms with E-state index in [4.69, 9.17) is 11.6 Å². The van der Waals surface area contributed by atoms with Gasteiger partial charge >= 0.3 is 36.9 Å². The third kappa shape index (κ3) is 14.7. The van der Waals surface area contributed by atoms with E-state index in [0.717, 1.165) is 38.8 Å². The summed E-state index contributed by atoms with van der Waals surface area (Å²) in [6.07, 6.45) is 1.75. The molecule has 14 heteroatoms. The molecule has 0 saturated carbocycles. The number of aromatic nitrogens is 2. The van der Waals surface area contributed by atoms with Crippen molar-refractivity contribution in [3.05, 3.63) is 52.9 Å². The number of hydrogen-bond donors (Lipinski definition) is 1. The molecule has 2 aromatic rings. The Morgan fingerprint density at radius 3 is 1.95 bits per heavy atom. The standard InChI is InChI=1S/C18H25ClN4O.C6H9BO6.Na/c1-14(2)22(3)17-11-20-16(18(19)21-17)13-23(9-10-24)12-15-7-5-4-6-8-15;1-4(8)11-7(12-5(2)9)13-6(3)10;/h4-8,11,14,24H,9-10,12-13H2,1-3H3;1-3H3;/q;-1;+1. The quantitative estimate of drug-likeness (QED) is 0.362. The van der Waals surface area contributed by atoms with Gasteiger partial charge in [0.25, 0.3) is 17.9 Å². The molecule has 0 aliphatic heterocycles. The second kappa shape index (κ2) is 18.9. The monoisotopic (exact) mass is 559 g/mol. The topological polar surface area (TPSA) is 131 Å². The molecule has 0 spiro atoms. The van der Waals surface area contributed by atoms with Crippen LogP contribution in [0, 0.1) is 0 Å². The van der Waals surface area contributed by atoms with Crippen LogP contribution < -0.4 is 34.5 Å². The van der Waals surface area contributed by atoms with Crippen LogP contribution in [0.2, 0.25) is 5.15 Å². The molecule has 2 rings (SSSR count). The van der Waals surface area contributed by atoms with E-state index in [1.807, 2.05) is 30.1 Å². The second-order valence-corrected chi connectivity index (χ2v) is 8.57. The summed E-state index contributed by atoms with van der Waals surface area (Å²) in [6, 6.07) is 10.5. The molecular weight excluding hydrogens is 526 g/mol. The molecule has 1 radical (unpaired) electrons. The van der Waals surface area contributed by atoms with E-state index in [2.05, 4.69) is 54.8 Å². The second-order valence-electron chi connectivity index (χ2n) is 8.21. The van der Waals surface area contributed by atoms with Gasteiger partial charge in [-0.1, -0.05) is 41.9 Å². The summed E-state index contributed by atoms with van der Waals surface area (Å²) in [4.78, 5) is 44.3. The van der Waals surface area contributed by atoms with Crippen LogP contribution in [0.4, 0.5) is 5.82 Å². The van der Waals surface area contributed by atoms with Gasteiger partial charge in [0.05, 0.1) is 18.5 Å². The molecule has 0 fully saturated rings. The van der Waals surface area contributed by atoms with Gasteiger partial charge in [0.15, 0.2) is 5.15 Å². The Labute approximate surface area is 251 Å². The minimum absolute atomic E-state index is 0. The van der Waals surface area contributed by atoms with Crippen molar-refractivity contribution < 1.29 is 63.0 Å². The first-order valence-corrected chi connectivity index (χ1v) is 11.9. The molecule has 1 N–H and O–H groups in total. The van der Waals surface area contributed by atoms with E-state index in [9.17, 15) is 19.5 Å². The van der Waals surface area contributed by atoms with Gasteiger partial charge in [0.2, 0.25) is 0 Å².